The minimum atomic E-state index is -2.60. The number of pyridine rings is 1. The molecule has 1 aromatic carbocycles. The number of alkyl halides is 2. The fourth-order valence-electron chi connectivity index (χ4n) is 3.54. The van der Waals surface area contributed by atoms with Crippen molar-refractivity contribution in [1.82, 2.24) is 14.6 Å². The van der Waals surface area contributed by atoms with E-state index >= 15 is 0 Å². The van der Waals surface area contributed by atoms with Crippen LogP contribution in [0.2, 0.25) is 0 Å². The zero-order chi connectivity index (χ0) is 17.9. The van der Waals surface area contributed by atoms with E-state index in [0.29, 0.717) is 23.8 Å². The number of aromatic nitrogens is 3. The lowest BCUT2D eigenvalue weighted by molar-refractivity contribution is 0.0984. The van der Waals surface area contributed by atoms with E-state index in [1.165, 1.54) is 0 Å². The minimum Gasteiger partial charge on any atom is -0.493 e. The fraction of sp³-hybridized carbons (Fsp3) is 0.316. The first kappa shape index (κ1) is 15.3. The summed E-state index contributed by atoms with van der Waals surface area (Å²) in [5, 5.41) is 8.16. The molecule has 3 heterocycles. The van der Waals surface area contributed by atoms with Crippen molar-refractivity contribution < 1.29 is 13.5 Å². The van der Waals surface area contributed by atoms with Gasteiger partial charge in [0.15, 0.2) is 5.65 Å². The molecule has 5 rings (SSSR count). The van der Waals surface area contributed by atoms with Gasteiger partial charge < -0.3 is 4.74 Å². The maximum Gasteiger partial charge on any atom is 0.252 e. The van der Waals surface area contributed by atoms with Crippen LogP contribution >= 0.6 is 0 Å². The number of nitrogens with zero attached hydrogens (tertiary/aromatic N) is 4. The largest absolute Gasteiger partial charge is 0.493 e. The van der Waals surface area contributed by atoms with Crippen LogP contribution in [-0.4, -0.2) is 27.1 Å². The van der Waals surface area contributed by atoms with Crippen molar-refractivity contribution in [3.8, 4) is 16.9 Å². The number of hydrogen-bond donors (Lipinski definition) is 0. The van der Waals surface area contributed by atoms with E-state index in [-0.39, 0.29) is 12.8 Å². The topological polar surface area (TPSA) is 43.8 Å². The van der Waals surface area contributed by atoms with Crippen molar-refractivity contribution in [2.24, 2.45) is 5.92 Å². The average Bonchev–Trinajstić information content (AvgIpc) is 3.00. The van der Waals surface area contributed by atoms with Gasteiger partial charge in [0.25, 0.3) is 5.92 Å². The van der Waals surface area contributed by atoms with Gasteiger partial charge in [0.1, 0.15) is 11.6 Å². The summed E-state index contributed by atoms with van der Waals surface area (Å²) in [5.41, 5.74) is 3.59. The van der Waals surface area contributed by atoms with Crippen LogP contribution in [0.25, 0.3) is 21.6 Å². The van der Waals surface area contributed by atoms with E-state index < -0.39 is 11.8 Å². The molecule has 0 bridgehead atoms. The summed E-state index contributed by atoms with van der Waals surface area (Å²) < 4.78 is 33.6. The molecule has 2 aromatic heterocycles. The number of hydrogen-bond acceptors (Lipinski definition) is 3. The molecule has 1 aliphatic heterocycles. The van der Waals surface area contributed by atoms with Crippen molar-refractivity contribution in [3.05, 3.63) is 53.3 Å². The van der Waals surface area contributed by atoms with Gasteiger partial charge in [-0.3, -0.25) is 4.40 Å². The van der Waals surface area contributed by atoms with Crippen LogP contribution in [0.5, 0.6) is 5.75 Å². The standard InChI is InChI=1S/C19H14F2N4O/c1-22-17-14(11-2-3-15-12(8-11)5-7-26-15)4-6-25-16(23-24-18(17)25)9-13-10-19(13,20)21/h2-4,6,8,13H,5,7,9-10H2. The Labute approximate surface area is 148 Å². The Balaban J connectivity index is 1.58. The molecule has 7 heteroatoms. The normalized spacial score (nSPS) is 19.8. The number of fused-ring (bicyclic) bond motifs is 2. The van der Waals surface area contributed by atoms with Crippen LogP contribution in [0.3, 0.4) is 0 Å². The summed E-state index contributed by atoms with van der Waals surface area (Å²) in [7, 11) is 0. The van der Waals surface area contributed by atoms with Crippen LogP contribution in [0.1, 0.15) is 17.8 Å². The zero-order valence-electron chi connectivity index (χ0n) is 13.7. The zero-order valence-corrected chi connectivity index (χ0v) is 13.7. The first-order valence-corrected chi connectivity index (χ1v) is 8.45. The Hall–Kier alpha value is -3.01. The van der Waals surface area contributed by atoms with E-state index in [1.54, 1.807) is 10.6 Å². The van der Waals surface area contributed by atoms with Gasteiger partial charge in [0, 0.05) is 31.4 Å². The molecule has 0 saturated heterocycles. The summed E-state index contributed by atoms with van der Waals surface area (Å²) in [4.78, 5) is 3.65. The van der Waals surface area contributed by atoms with Crippen molar-refractivity contribution in [1.29, 1.82) is 0 Å². The molecule has 0 N–H and O–H groups in total. The van der Waals surface area contributed by atoms with E-state index in [2.05, 4.69) is 15.0 Å². The van der Waals surface area contributed by atoms with Crippen molar-refractivity contribution in [3.63, 3.8) is 0 Å². The molecular formula is C19H14F2N4O. The summed E-state index contributed by atoms with van der Waals surface area (Å²) in [6.45, 7) is 8.27. The van der Waals surface area contributed by atoms with Gasteiger partial charge in [-0.1, -0.05) is 6.07 Å². The molecule has 0 spiro atoms. The van der Waals surface area contributed by atoms with Crippen molar-refractivity contribution >= 4 is 11.3 Å². The van der Waals surface area contributed by atoms with E-state index in [9.17, 15) is 8.78 Å². The van der Waals surface area contributed by atoms with Crippen LogP contribution in [0.15, 0.2) is 30.5 Å². The molecule has 1 unspecified atom stereocenters. The SMILES string of the molecule is [C-]#[N+]c1c(-c2ccc3c(c2)CCO3)ccn2c(CC3CC3(F)F)nnc12. The third-order valence-corrected chi connectivity index (χ3v) is 5.12. The third-order valence-electron chi connectivity index (χ3n) is 5.12. The number of ether oxygens (including phenoxy) is 1. The van der Waals surface area contributed by atoms with Crippen LogP contribution in [-0.2, 0) is 12.8 Å². The molecule has 3 aromatic rings. The quantitative estimate of drug-likeness (QED) is 0.667. The second kappa shape index (κ2) is 5.24. The smallest absolute Gasteiger partial charge is 0.252 e. The minimum absolute atomic E-state index is 0.104. The van der Waals surface area contributed by atoms with Crippen molar-refractivity contribution in [2.75, 3.05) is 6.61 Å². The van der Waals surface area contributed by atoms with Crippen LogP contribution in [0.4, 0.5) is 14.5 Å². The van der Waals surface area contributed by atoms with Gasteiger partial charge in [-0.05, 0) is 34.9 Å². The molecule has 26 heavy (non-hydrogen) atoms. The maximum atomic E-state index is 13.2. The summed E-state index contributed by atoms with van der Waals surface area (Å²) >= 11 is 0. The van der Waals surface area contributed by atoms with Gasteiger partial charge in [-0.25, -0.2) is 13.6 Å². The Morgan fingerprint density at radius 3 is 2.92 bits per heavy atom. The fourth-order valence-corrected chi connectivity index (χ4v) is 3.54. The Morgan fingerprint density at radius 2 is 2.15 bits per heavy atom. The molecule has 0 amide bonds. The van der Waals surface area contributed by atoms with Gasteiger partial charge in [0.05, 0.1) is 13.2 Å². The van der Waals surface area contributed by atoms with Gasteiger partial charge >= 0.3 is 0 Å². The van der Waals surface area contributed by atoms with Gasteiger partial charge in [-0.2, -0.15) is 0 Å². The summed E-state index contributed by atoms with van der Waals surface area (Å²) in [5.74, 6) is -1.92. The molecule has 1 atom stereocenters. The number of halogens is 2. The highest BCUT2D eigenvalue weighted by Crippen LogP contribution is 2.50. The highest BCUT2D eigenvalue weighted by atomic mass is 19.3. The number of benzene rings is 1. The van der Waals surface area contributed by atoms with Crippen LogP contribution in [0, 0.1) is 12.5 Å². The van der Waals surface area contributed by atoms with E-state index in [1.807, 2.05) is 24.3 Å². The Morgan fingerprint density at radius 1 is 1.31 bits per heavy atom. The predicted octanol–water partition coefficient (Wildman–Crippen LogP) is 4.08. The molecular weight excluding hydrogens is 338 g/mol. The first-order valence-electron chi connectivity index (χ1n) is 8.45. The molecule has 130 valence electrons. The monoisotopic (exact) mass is 352 g/mol. The summed E-state index contributed by atoms with van der Waals surface area (Å²) in [6, 6.07) is 7.70. The molecule has 1 aliphatic carbocycles. The molecule has 1 fully saturated rings. The second-order valence-electron chi connectivity index (χ2n) is 6.79. The second-order valence-corrected chi connectivity index (χ2v) is 6.79. The predicted molar refractivity (Wildman–Crippen MR) is 90.6 cm³/mol. The summed E-state index contributed by atoms with van der Waals surface area (Å²) in [6.07, 6.45) is 2.68. The number of rotatable bonds is 3. The Kier molecular flexibility index (Phi) is 3.08. The van der Waals surface area contributed by atoms with Gasteiger partial charge in [-0.15, -0.1) is 10.2 Å². The average molecular weight is 352 g/mol. The molecule has 0 radical (unpaired) electrons. The lowest BCUT2D eigenvalue weighted by Gasteiger charge is -2.08. The lowest BCUT2D eigenvalue weighted by atomic mass is 10.0. The Bertz CT molecular complexity index is 1080. The third kappa shape index (κ3) is 2.25. The molecule has 5 nitrogen and oxygen atoms in total. The lowest BCUT2D eigenvalue weighted by Crippen LogP contribution is -2.02. The molecule has 1 saturated carbocycles. The van der Waals surface area contributed by atoms with E-state index in [0.717, 1.165) is 28.9 Å². The first-order chi connectivity index (χ1) is 12.6. The maximum absolute atomic E-state index is 13.2. The van der Waals surface area contributed by atoms with Crippen LogP contribution < -0.4 is 4.74 Å². The van der Waals surface area contributed by atoms with Crippen molar-refractivity contribution in [2.45, 2.75) is 25.2 Å². The highest BCUT2D eigenvalue weighted by Gasteiger charge is 2.56. The molecule has 2 aliphatic rings. The highest BCUT2D eigenvalue weighted by molar-refractivity contribution is 5.88. The van der Waals surface area contributed by atoms with Gasteiger partial charge in [0.2, 0.25) is 5.69 Å². The van der Waals surface area contributed by atoms with E-state index in [4.69, 9.17) is 11.3 Å².